The molecule has 1 heterocycles. The van der Waals surface area contributed by atoms with E-state index in [1.807, 2.05) is 11.8 Å². The highest BCUT2D eigenvalue weighted by Gasteiger charge is 2.15. The van der Waals surface area contributed by atoms with Gasteiger partial charge in [-0.15, -0.1) is 11.8 Å². The highest BCUT2D eigenvalue weighted by molar-refractivity contribution is 7.99. The largest absolute Gasteiger partial charge is 0.377 e. The van der Waals surface area contributed by atoms with Crippen LogP contribution in [0.15, 0.2) is 23.1 Å². The summed E-state index contributed by atoms with van der Waals surface area (Å²) in [5.74, 6) is 1.03. The molecular formula is C14H20ClNOS. The molecule has 0 aromatic heterocycles. The first-order valence-electron chi connectivity index (χ1n) is 6.53. The molecule has 1 fully saturated rings. The van der Waals surface area contributed by atoms with E-state index < -0.39 is 0 Å². The van der Waals surface area contributed by atoms with Crippen LogP contribution < -0.4 is 5.32 Å². The minimum Gasteiger partial charge on any atom is -0.377 e. The standard InChI is InChI=1S/C14H20ClNOS/c1-2-16-9-11-5-6-13(8-14(11)15)18-10-12-4-3-7-17-12/h5-6,8,12,16H,2-4,7,9-10H2,1H3. The quantitative estimate of drug-likeness (QED) is 0.805. The van der Waals surface area contributed by atoms with Crippen molar-refractivity contribution in [2.24, 2.45) is 0 Å². The lowest BCUT2D eigenvalue weighted by molar-refractivity contribution is 0.129. The van der Waals surface area contributed by atoms with Crippen molar-refractivity contribution in [3.05, 3.63) is 28.8 Å². The zero-order valence-electron chi connectivity index (χ0n) is 10.7. The first kappa shape index (κ1) is 14.2. The Morgan fingerprint density at radius 1 is 1.50 bits per heavy atom. The second-order valence-corrected chi connectivity index (χ2v) is 5.98. The van der Waals surface area contributed by atoms with E-state index in [1.54, 1.807) is 0 Å². The van der Waals surface area contributed by atoms with Gasteiger partial charge < -0.3 is 10.1 Å². The lowest BCUT2D eigenvalue weighted by Gasteiger charge is -2.10. The molecule has 4 heteroatoms. The third kappa shape index (κ3) is 4.16. The van der Waals surface area contributed by atoms with Crippen molar-refractivity contribution in [3.8, 4) is 0 Å². The molecule has 0 bridgehead atoms. The Morgan fingerprint density at radius 3 is 3.06 bits per heavy atom. The van der Waals surface area contributed by atoms with Crippen LogP contribution in [-0.4, -0.2) is 25.0 Å². The summed E-state index contributed by atoms with van der Waals surface area (Å²) in [4.78, 5) is 1.23. The average molecular weight is 286 g/mol. The van der Waals surface area contributed by atoms with E-state index in [2.05, 4.69) is 30.4 Å². The van der Waals surface area contributed by atoms with Gasteiger partial charge >= 0.3 is 0 Å². The van der Waals surface area contributed by atoms with Gasteiger partial charge in [-0.25, -0.2) is 0 Å². The van der Waals surface area contributed by atoms with Crippen molar-refractivity contribution in [2.45, 2.75) is 37.3 Å². The smallest absolute Gasteiger partial charge is 0.0669 e. The molecule has 2 nitrogen and oxygen atoms in total. The monoisotopic (exact) mass is 285 g/mol. The minimum absolute atomic E-state index is 0.426. The molecule has 2 rings (SSSR count). The molecule has 0 radical (unpaired) electrons. The van der Waals surface area contributed by atoms with Crippen LogP contribution in [0.3, 0.4) is 0 Å². The zero-order valence-corrected chi connectivity index (χ0v) is 12.3. The van der Waals surface area contributed by atoms with E-state index in [9.17, 15) is 0 Å². The molecule has 1 aromatic rings. The van der Waals surface area contributed by atoms with Gasteiger partial charge in [0.2, 0.25) is 0 Å². The number of ether oxygens (including phenoxy) is 1. The molecule has 1 aliphatic rings. The Labute approximate surface area is 118 Å². The van der Waals surface area contributed by atoms with Crippen molar-refractivity contribution in [1.29, 1.82) is 0 Å². The normalized spacial score (nSPS) is 19.3. The van der Waals surface area contributed by atoms with Crippen molar-refractivity contribution >= 4 is 23.4 Å². The lowest BCUT2D eigenvalue weighted by Crippen LogP contribution is -2.12. The van der Waals surface area contributed by atoms with Gasteiger partial charge in [-0.2, -0.15) is 0 Å². The predicted octanol–water partition coefficient (Wildman–Crippen LogP) is 3.72. The molecule has 100 valence electrons. The summed E-state index contributed by atoms with van der Waals surface area (Å²) in [6, 6.07) is 6.33. The summed E-state index contributed by atoms with van der Waals surface area (Å²) in [6.07, 6.45) is 2.82. The van der Waals surface area contributed by atoms with Crippen molar-refractivity contribution in [2.75, 3.05) is 18.9 Å². The highest BCUT2D eigenvalue weighted by Crippen LogP contribution is 2.27. The minimum atomic E-state index is 0.426. The molecule has 1 aliphatic heterocycles. The van der Waals surface area contributed by atoms with Crippen molar-refractivity contribution < 1.29 is 4.74 Å². The van der Waals surface area contributed by atoms with Gasteiger partial charge in [0.15, 0.2) is 0 Å². The number of rotatable bonds is 6. The Kier molecular flexibility index (Phi) is 5.83. The fourth-order valence-electron chi connectivity index (χ4n) is 1.99. The molecule has 0 aliphatic carbocycles. The highest BCUT2D eigenvalue weighted by atomic mass is 35.5. The van der Waals surface area contributed by atoms with Crippen molar-refractivity contribution in [1.82, 2.24) is 5.32 Å². The van der Waals surface area contributed by atoms with Gasteiger partial charge in [-0.1, -0.05) is 24.6 Å². The van der Waals surface area contributed by atoms with Crippen LogP contribution in [0, 0.1) is 0 Å². The summed E-state index contributed by atoms with van der Waals surface area (Å²) >= 11 is 8.11. The molecule has 1 N–H and O–H groups in total. The van der Waals surface area contributed by atoms with Crippen LogP contribution in [0.4, 0.5) is 0 Å². The van der Waals surface area contributed by atoms with E-state index in [1.165, 1.54) is 23.3 Å². The van der Waals surface area contributed by atoms with E-state index in [-0.39, 0.29) is 0 Å². The maximum atomic E-state index is 6.28. The van der Waals surface area contributed by atoms with Gasteiger partial charge in [0.05, 0.1) is 6.10 Å². The van der Waals surface area contributed by atoms with E-state index >= 15 is 0 Å². The predicted molar refractivity (Wildman–Crippen MR) is 78.5 cm³/mol. The summed E-state index contributed by atoms with van der Waals surface area (Å²) in [5.41, 5.74) is 1.17. The summed E-state index contributed by atoms with van der Waals surface area (Å²) < 4.78 is 5.62. The van der Waals surface area contributed by atoms with Crippen LogP contribution in [-0.2, 0) is 11.3 Å². The molecule has 1 saturated heterocycles. The summed E-state index contributed by atoms with van der Waals surface area (Å²) in [5, 5.41) is 4.15. The summed E-state index contributed by atoms with van der Waals surface area (Å²) in [7, 11) is 0. The van der Waals surface area contributed by atoms with Crippen LogP contribution in [0.1, 0.15) is 25.3 Å². The van der Waals surface area contributed by atoms with E-state index in [0.29, 0.717) is 6.10 Å². The van der Waals surface area contributed by atoms with E-state index in [4.69, 9.17) is 16.3 Å². The number of halogens is 1. The Bertz CT molecular complexity index is 380. The average Bonchev–Trinajstić information content (AvgIpc) is 2.88. The van der Waals surface area contributed by atoms with Crippen LogP contribution in [0.25, 0.3) is 0 Å². The lowest BCUT2D eigenvalue weighted by atomic mass is 10.2. The SMILES string of the molecule is CCNCc1ccc(SCC2CCCO2)cc1Cl. The zero-order chi connectivity index (χ0) is 12.8. The van der Waals surface area contributed by atoms with Crippen molar-refractivity contribution in [3.63, 3.8) is 0 Å². The van der Waals surface area contributed by atoms with Crippen LogP contribution >= 0.6 is 23.4 Å². The molecule has 0 saturated carbocycles. The van der Waals surface area contributed by atoms with Gasteiger partial charge in [-0.05, 0) is 37.1 Å². The fraction of sp³-hybridized carbons (Fsp3) is 0.571. The molecule has 1 atom stereocenters. The first-order valence-corrected chi connectivity index (χ1v) is 7.89. The third-order valence-electron chi connectivity index (χ3n) is 3.05. The Morgan fingerprint density at radius 2 is 2.39 bits per heavy atom. The molecule has 1 unspecified atom stereocenters. The number of hydrogen-bond acceptors (Lipinski definition) is 3. The number of hydrogen-bond donors (Lipinski definition) is 1. The number of thioether (sulfide) groups is 1. The second kappa shape index (κ2) is 7.39. The number of benzene rings is 1. The van der Waals surface area contributed by atoms with Crippen LogP contribution in [0.5, 0.6) is 0 Å². The maximum absolute atomic E-state index is 6.28. The second-order valence-electron chi connectivity index (χ2n) is 4.48. The molecule has 0 spiro atoms. The maximum Gasteiger partial charge on any atom is 0.0669 e. The van der Waals surface area contributed by atoms with Gasteiger partial charge in [0, 0.05) is 28.8 Å². The first-order chi connectivity index (χ1) is 8.79. The van der Waals surface area contributed by atoms with E-state index in [0.717, 1.165) is 30.5 Å². The Hall–Kier alpha value is -0.220. The van der Waals surface area contributed by atoms with Gasteiger partial charge in [0.1, 0.15) is 0 Å². The summed E-state index contributed by atoms with van der Waals surface area (Å²) in [6.45, 7) is 4.82. The third-order valence-corrected chi connectivity index (χ3v) is 4.53. The molecule has 18 heavy (non-hydrogen) atoms. The Balaban J connectivity index is 1.87. The molecule has 1 aromatic carbocycles. The molecular weight excluding hydrogens is 266 g/mol. The number of nitrogens with one attached hydrogen (secondary N) is 1. The topological polar surface area (TPSA) is 21.3 Å². The molecule has 0 amide bonds. The fourth-order valence-corrected chi connectivity index (χ4v) is 3.30. The van der Waals surface area contributed by atoms with Gasteiger partial charge in [0.25, 0.3) is 0 Å². The van der Waals surface area contributed by atoms with Gasteiger partial charge in [-0.3, -0.25) is 0 Å². The van der Waals surface area contributed by atoms with Crippen LogP contribution in [0.2, 0.25) is 5.02 Å².